The molecule has 0 aliphatic rings. The third kappa shape index (κ3) is 8.96. The van der Waals surface area contributed by atoms with Gasteiger partial charge in [0, 0.05) is 32.7 Å². The normalized spacial score (nSPS) is 11.7. The number of benzene rings is 12. The molecule has 0 amide bonds. The highest BCUT2D eigenvalue weighted by Gasteiger charge is 2.37. The average Bonchev–Trinajstić information content (AvgIpc) is 1.79. The first-order valence-corrected chi connectivity index (χ1v) is 28.3. The molecule has 0 N–H and O–H groups in total. The summed E-state index contributed by atoms with van der Waals surface area (Å²) in [4.78, 5) is 19.8. The number of rotatable bonds is 10. The smallest absolute Gasteiger partial charge is 0.308 e. The molecule has 406 valence electrons. The number of aromatic nitrogens is 5. The maximum Gasteiger partial charge on any atom is 0.417 e. The Morgan fingerprint density at radius 1 is 0.302 bits per heavy atom. The van der Waals surface area contributed by atoms with E-state index in [0.717, 1.165) is 83.2 Å². The molecule has 3 aromatic heterocycles. The molecule has 3 heterocycles. The molecule has 86 heavy (non-hydrogen) atoms. The lowest BCUT2D eigenvalue weighted by Gasteiger charge is -2.21. The molecule has 0 radical (unpaired) electrons. The van der Waals surface area contributed by atoms with Crippen LogP contribution >= 0.6 is 0 Å². The van der Waals surface area contributed by atoms with Gasteiger partial charge in [0.1, 0.15) is 0 Å². The number of hydrogen-bond donors (Lipinski definition) is 0. The highest BCUT2D eigenvalue weighted by atomic mass is 19.4. The van der Waals surface area contributed by atoms with Crippen LogP contribution in [0.1, 0.15) is 5.56 Å². The minimum absolute atomic E-state index is 0.112. The summed E-state index contributed by atoms with van der Waals surface area (Å²) in [5, 5.41) is 3.69. The lowest BCUT2D eigenvalue weighted by Crippen LogP contribution is -2.13. The third-order valence-corrected chi connectivity index (χ3v) is 16.3. The molecule has 0 aliphatic heterocycles. The fourth-order valence-electron chi connectivity index (χ4n) is 12.3. The molecular weight excluding hydrogens is 1070 g/mol. The Morgan fingerprint density at radius 3 is 1.05 bits per heavy atom. The highest BCUT2D eigenvalue weighted by molar-refractivity contribution is 6.14. The zero-order valence-corrected chi connectivity index (χ0v) is 46.0. The summed E-state index contributed by atoms with van der Waals surface area (Å²) in [6.45, 7) is 8.46. The van der Waals surface area contributed by atoms with Gasteiger partial charge in [-0.15, -0.1) is 0 Å². The molecule has 9 heteroatoms. The van der Waals surface area contributed by atoms with Crippen LogP contribution in [0.2, 0.25) is 0 Å². The number of halogens is 3. The van der Waals surface area contributed by atoms with Crippen molar-refractivity contribution in [2.75, 3.05) is 0 Å². The van der Waals surface area contributed by atoms with E-state index < -0.39 is 11.7 Å². The number of nitrogens with zero attached hydrogens (tertiary/aromatic N) is 6. The van der Waals surface area contributed by atoms with E-state index in [0.29, 0.717) is 44.7 Å². The summed E-state index contributed by atoms with van der Waals surface area (Å²) in [6.07, 6.45) is -4.87. The van der Waals surface area contributed by atoms with Crippen molar-refractivity contribution >= 4 is 49.3 Å². The van der Waals surface area contributed by atoms with Crippen LogP contribution in [0.3, 0.4) is 0 Å². The second kappa shape index (κ2) is 21.1. The van der Waals surface area contributed by atoms with Gasteiger partial charge >= 0.3 is 6.18 Å². The molecular formula is C77H47F3N6. The molecule has 15 aromatic rings. The molecule has 15 rings (SSSR count). The lowest BCUT2D eigenvalue weighted by molar-refractivity contribution is -0.137. The maximum absolute atomic E-state index is 16.4. The van der Waals surface area contributed by atoms with Crippen LogP contribution in [0, 0.1) is 6.57 Å². The van der Waals surface area contributed by atoms with Crippen LogP contribution in [-0.2, 0) is 6.18 Å². The van der Waals surface area contributed by atoms with Crippen molar-refractivity contribution in [3.05, 3.63) is 302 Å². The van der Waals surface area contributed by atoms with Gasteiger partial charge in [-0.3, -0.25) is 0 Å². The lowest BCUT2D eigenvalue weighted by atomic mass is 9.95. The number of fused-ring (bicyclic) bond motifs is 6. The van der Waals surface area contributed by atoms with E-state index in [1.54, 1.807) is 12.1 Å². The molecule has 0 aliphatic carbocycles. The van der Waals surface area contributed by atoms with Crippen LogP contribution in [-0.4, -0.2) is 24.1 Å². The topological polar surface area (TPSA) is 52.9 Å². The SMILES string of the molecule is [C-]#[N+]c1ccccc1-c1cccc(-n2c3ccc(-c4ccccc4)cc3c3cc(-c4ccccc4)ccc32)c1-c1nc(-c2ccccc2)nc(-c2c(-n3c4ccc(-c5ccccc5)cc4c4cc(-c5ccccc5)ccc43)cccc2C(F)(F)F)n1. The molecule has 0 saturated heterocycles. The zero-order chi connectivity index (χ0) is 57.9. The Hall–Kier alpha value is -11.5. The largest absolute Gasteiger partial charge is 0.417 e. The van der Waals surface area contributed by atoms with Gasteiger partial charge in [-0.1, -0.05) is 218 Å². The van der Waals surface area contributed by atoms with Crippen molar-refractivity contribution in [1.29, 1.82) is 0 Å². The Labute approximate surface area is 493 Å². The Morgan fingerprint density at radius 2 is 0.640 bits per heavy atom. The van der Waals surface area contributed by atoms with Crippen LogP contribution in [0.25, 0.3) is 150 Å². The Balaban J connectivity index is 1.04. The van der Waals surface area contributed by atoms with Crippen molar-refractivity contribution in [3.63, 3.8) is 0 Å². The van der Waals surface area contributed by atoms with Gasteiger partial charge in [-0.05, 0) is 122 Å². The predicted octanol–water partition coefficient (Wildman–Crippen LogP) is 21.0. The van der Waals surface area contributed by atoms with Gasteiger partial charge in [-0.25, -0.2) is 19.8 Å². The molecule has 0 saturated carbocycles. The number of alkyl halides is 3. The highest BCUT2D eigenvalue weighted by Crippen LogP contribution is 2.48. The van der Waals surface area contributed by atoms with Crippen LogP contribution in [0.15, 0.2) is 285 Å². The summed E-state index contributed by atoms with van der Waals surface area (Å²) in [5.41, 5.74) is 13.7. The second-order valence-electron chi connectivity index (χ2n) is 21.3. The summed E-state index contributed by atoms with van der Waals surface area (Å²) in [7, 11) is 0. The van der Waals surface area contributed by atoms with Gasteiger partial charge in [0.2, 0.25) is 0 Å². The van der Waals surface area contributed by atoms with E-state index in [9.17, 15) is 0 Å². The van der Waals surface area contributed by atoms with E-state index in [2.05, 4.69) is 106 Å². The number of para-hydroxylation sites is 1. The summed E-state index contributed by atoms with van der Waals surface area (Å²) in [6, 6.07) is 92.7. The van der Waals surface area contributed by atoms with Gasteiger partial charge < -0.3 is 9.13 Å². The van der Waals surface area contributed by atoms with Crippen molar-refractivity contribution in [2.24, 2.45) is 0 Å². The monoisotopic (exact) mass is 1110 g/mol. The third-order valence-electron chi connectivity index (χ3n) is 16.3. The van der Waals surface area contributed by atoms with Crippen molar-refractivity contribution in [3.8, 4) is 101 Å². The molecule has 0 unspecified atom stereocenters. The van der Waals surface area contributed by atoms with E-state index in [-0.39, 0.29) is 28.7 Å². The fraction of sp³-hybridized carbons (Fsp3) is 0.0130. The van der Waals surface area contributed by atoms with Gasteiger partial charge in [0.15, 0.2) is 23.2 Å². The van der Waals surface area contributed by atoms with Crippen molar-refractivity contribution in [1.82, 2.24) is 24.1 Å². The molecule has 0 spiro atoms. The first-order chi connectivity index (χ1) is 42.3. The van der Waals surface area contributed by atoms with E-state index in [1.807, 2.05) is 168 Å². The van der Waals surface area contributed by atoms with Gasteiger partial charge in [0.05, 0.1) is 51.1 Å². The van der Waals surface area contributed by atoms with Crippen molar-refractivity contribution < 1.29 is 13.2 Å². The van der Waals surface area contributed by atoms with Crippen LogP contribution in [0.5, 0.6) is 0 Å². The van der Waals surface area contributed by atoms with Gasteiger partial charge in [0.25, 0.3) is 0 Å². The zero-order valence-electron chi connectivity index (χ0n) is 46.0. The van der Waals surface area contributed by atoms with Crippen LogP contribution < -0.4 is 0 Å². The molecule has 0 fully saturated rings. The standard InChI is InChI=1S/C77H47F3N6/c1-81-65-34-18-17-31-58(65)59-32-19-35-70(85-66-41-37-54(49-21-7-2-8-22-49)45-60(66)61-46-55(38-42-67(61)85)50-23-9-3-10-24-50)72(59)75-82-74(53-29-15-6-16-30-53)83-76(84-75)73-64(77(78,79)80)33-20-36-71(73)86-68-43-39-56(51-25-11-4-12-26-51)47-62(68)63-48-57(40-44-69(63)86)52-27-13-5-14-28-52/h2-48H. The van der Waals surface area contributed by atoms with E-state index in [1.165, 1.54) is 6.07 Å². The van der Waals surface area contributed by atoms with Crippen LogP contribution in [0.4, 0.5) is 18.9 Å². The quantitative estimate of drug-likeness (QED) is 0.128. The van der Waals surface area contributed by atoms with E-state index >= 15 is 13.2 Å². The second-order valence-corrected chi connectivity index (χ2v) is 21.3. The summed E-state index contributed by atoms with van der Waals surface area (Å²) >= 11 is 0. The summed E-state index contributed by atoms with van der Waals surface area (Å²) < 4.78 is 53.3. The Bertz CT molecular complexity index is 4950. The summed E-state index contributed by atoms with van der Waals surface area (Å²) in [5.74, 6) is 0.0911. The van der Waals surface area contributed by atoms with Crippen molar-refractivity contribution in [2.45, 2.75) is 6.18 Å². The van der Waals surface area contributed by atoms with E-state index in [4.69, 9.17) is 21.5 Å². The molecule has 12 aromatic carbocycles. The first kappa shape index (κ1) is 51.4. The Kier molecular flexibility index (Phi) is 12.6. The average molecular weight is 1110 g/mol. The fourth-order valence-corrected chi connectivity index (χ4v) is 12.3. The molecule has 0 bridgehead atoms. The number of hydrogen-bond acceptors (Lipinski definition) is 3. The predicted molar refractivity (Wildman–Crippen MR) is 343 cm³/mol. The van der Waals surface area contributed by atoms with Gasteiger partial charge in [-0.2, -0.15) is 13.2 Å². The minimum atomic E-state index is -4.87. The minimum Gasteiger partial charge on any atom is -0.308 e. The first-order valence-electron chi connectivity index (χ1n) is 28.3. The molecule has 0 atom stereocenters. The molecule has 6 nitrogen and oxygen atoms in total. The maximum atomic E-state index is 16.4.